The van der Waals surface area contributed by atoms with Crippen molar-refractivity contribution >= 4 is 28.9 Å². The topological polar surface area (TPSA) is 69.6 Å². The predicted octanol–water partition coefficient (Wildman–Crippen LogP) is 3.36. The van der Waals surface area contributed by atoms with E-state index in [1.165, 1.54) is 16.8 Å². The standard InChI is InChI=1S/C13H8Cl2FN5/c14-8-1-2-12(11(16)6-8)21-13(18-19-20-21)7-3-9(15)5-10(17)4-7/h1-6H,17H2. The van der Waals surface area contributed by atoms with Crippen LogP contribution in [0.3, 0.4) is 0 Å². The van der Waals surface area contributed by atoms with Gasteiger partial charge in [-0.25, -0.2) is 4.39 Å². The fraction of sp³-hybridized carbons (Fsp3) is 0. The zero-order valence-electron chi connectivity index (χ0n) is 10.5. The van der Waals surface area contributed by atoms with Gasteiger partial charge in [0.15, 0.2) is 5.82 Å². The van der Waals surface area contributed by atoms with Crippen LogP contribution in [0.15, 0.2) is 36.4 Å². The van der Waals surface area contributed by atoms with Crippen LogP contribution in [0.4, 0.5) is 10.1 Å². The summed E-state index contributed by atoms with van der Waals surface area (Å²) >= 11 is 11.7. The summed E-state index contributed by atoms with van der Waals surface area (Å²) < 4.78 is 15.3. The van der Waals surface area contributed by atoms with Crippen LogP contribution in [0.5, 0.6) is 0 Å². The number of rotatable bonds is 2. The number of hydrogen-bond acceptors (Lipinski definition) is 4. The lowest BCUT2D eigenvalue weighted by molar-refractivity contribution is 0.608. The molecule has 0 aliphatic carbocycles. The third-order valence-electron chi connectivity index (χ3n) is 2.79. The second kappa shape index (κ2) is 5.31. The SMILES string of the molecule is Nc1cc(Cl)cc(-c2nnnn2-c2ccc(Cl)cc2F)c1. The lowest BCUT2D eigenvalue weighted by Crippen LogP contribution is -2.03. The van der Waals surface area contributed by atoms with Crippen molar-refractivity contribution in [2.75, 3.05) is 5.73 Å². The number of nitrogens with two attached hydrogens (primary N) is 1. The highest BCUT2D eigenvalue weighted by molar-refractivity contribution is 6.31. The first-order valence-corrected chi connectivity index (χ1v) is 6.60. The molecule has 0 saturated heterocycles. The molecule has 106 valence electrons. The second-order valence-electron chi connectivity index (χ2n) is 4.28. The van der Waals surface area contributed by atoms with Crippen molar-refractivity contribution in [1.82, 2.24) is 20.2 Å². The van der Waals surface area contributed by atoms with Crippen molar-refractivity contribution < 1.29 is 4.39 Å². The lowest BCUT2D eigenvalue weighted by Gasteiger charge is -2.07. The molecule has 0 atom stereocenters. The Morgan fingerprint density at radius 1 is 1.05 bits per heavy atom. The average Bonchev–Trinajstić information content (AvgIpc) is 2.86. The fourth-order valence-electron chi connectivity index (χ4n) is 1.92. The molecule has 0 saturated carbocycles. The zero-order valence-corrected chi connectivity index (χ0v) is 12.0. The first-order chi connectivity index (χ1) is 10.0. The molecule has 5 nitrogen and oxygen atoms in total. The first kappa shape index (κ1) is 13.8. The quantitative estimate of drug-likeness (QED) is 0.734. The van der Waals surface area contributed by atoms with E-state index in [0.29, 0.717) is 22.1 Å². The largest absolute Gasteiger partial charge is 0.399 e. The van der Waals surface area contributed by atoms with Crippen molar-refractivity contribution in [3.63, 3.8) is 0 Å². The van der Waals surface area contributed by atoms with Crippen LogP contribution in [0.1, 0.15) is 0 Å². The van der Waals surface area contributed by atoms with Gasteiger partial charge in [0.25, 0.3) is 0 Å². The molecular weight excluding hydrogens is 316 g/mol. The zero-order chi connectivity index (χ0) is 15.0. The Morgan fingerprint density at radius 2 is 1.86 bits per heavy atom. The van der Waals surface area contributed by atoms with Crippen LogP contribution in [0.2, 0.25) is 10.0 Å². The van der Waals surface area contributed by atoms with Gasteiger partial charge in [0.2, 0.25) is 0 Å². The minimum absolute atomic E-state index is 0.179. The number of benzene rings is 2. The Bertz CT molecular complexity index is 798. The van der Waals surface area contributed by atoms with E-state index in [4.69, 9.17) is 28.9 Å². The van der Waals surface area contributed by atoms with E-state index in [0.717, 1.165) is 0 Å². The Hall–Kier alpha value is -2.18. The molecular formula is C13H8Cl2FN5. The summed E-state index contributed by atoms with van der Waals surface area (Å²) in [5, 5.41) is 12.0. The molecule has 2 N–H and O–H groups in total. The molecule has 0 unspecified atom stereocenters. The van der Waals surface area contributed by atoms with Gasteiger partial charge >= 0.3 is 0 Å². The number of aromatic nitrogens is 4. The maximum absolute atomic E-state index is 14.0. The van der Waals surface area contributed by atoms with Crippen molar-refractivity contribution in [2.24, 2.45) is 0 Å². The lowest BCUT2D eigenvalue weighted by atomic mass is 10.2. The van der Waals surface area contributed by atoms with Gasteiger partial charge in [-0.2, -0.15) is 4.68 Å². The highest BCUT2D eigenvalue weighted by Crippen LogP contribution is 2.27. The van der Waals surface area contributed by atoms with E-state index in [-0.39, 0.29) is 10.7 Å². The van der Waals surface area contributed by atoms with Crippen molar-refractivity contribution in [3.8, 4) is 17.1 Å². The summed E-state index contributed by atoms with van der Waals surface area (Å²) in [4.78, 5) is 0. The fourth-order valence-corrected chi connectivity index (χ4v) is 2.33. The van der Waals surface area contributed by atoms with Crippen LogP contribution in [-0.2, 0) is 0 Å². The van der Waals surface area contributed by atoms with Gasteiger partial charge < -0.3 is 5.73 Å². The summed E-state index contributed by atoms with van der Waals surface area (Å²) in [6.07, 6.45) is 0. The molecule has 0 fully saturated rings. The summed E-state index contributed by atoms with van der Waals surface area (Å²) in [5.41, 5.74) is 6.97. The van der Waals surface area contributed by atoms with Gasteiger partial charge in [0.05, 0.1) is 0 Å². The van der Waals surface area contributed by atoms with Crippen LogP contribution < -0.4 is 5.73 Å². The number of tetrazole rings is 1. The van der Waals surface area contributed by atoms with Gasteiger partial charge in [-0.3, -0.25) is 0 Å². The molecule has 1 heterocycles. The molecule has 1 aromatic heterocycles. The van der Waals surface area contributed by atoms with E-state index in [1.54, 1.807) is 24.3 Å². The van der Waals surface area contributed by atoms with Crippen molar-refractivity contribution in [3.05, 3.63) is 52.3 Å². The number of nitrogen functional groups attached to an aromatic ring is 1. The van der Waals surface area contributed by atoms with Crippen molar-refractivity contribution in [2.45, 2.75) is 0 Å². The molecule has 0 aliphatic rings. The summed E-state index contributed by atoms with van der Waals surface area (Å²) in [5.74, 6) is -0.212. The van der Waals surface area contributed by atoms with Crippen LogP contribution in [0, 0.1) is 5.82 Å². The van der Waals surface area contributed by atoms with Crippen molar-refractivity contribution in [1.29, 1.82) is 0 Å². The number of nitrogens with zero attached hydrogens (tertiary/aromatic N) is 4. The highest BCUT2D eigenvalue weighted by atomic mass is 35.5. The third kappa shape index (κ3) is 2.68. The molecule has 0 radical (unpaired) electrons. The summed E-state index contributed by atoms with van der Waals surface area (Å²) in [6.45, 7) is 0. The maximum atomic E-state index is 14.0. The molecule has 0 spiro atoms. The smallest absolute Gasteiger partial charge is 0.187 e. The normalized spacial score (nSPS) is 10.8. The van der Waals surface area contributed by atoms with Crippen LogP contribution in [-0.4, -0.2) is 20.2 Å². The predicted molar refractivity (Wildman–Crippen MR) is 79.0 cm³/mol. The van der Waals surface area contributed by atoms with E-state index in [9.17, 15) is 4.39 Å². The maximum Gasteiger partial charge on any atom is 0.187 e. The molecule has 3 rings (SSSR count). The molecule has 2 aromatic carbocycles. The number of halogens is 3. The van der Waals surface area contributed by atoms with Gasteiger partial charge in [-0.05, 0) is 46.8 Å². The molecule has 0 aliphatic heterocycles. The van der Waals surface area contributed by atoms with Gasteiger partial charge in [0, 0.05) is 21.3 Å². The Balaban J connectivity index is 2.17. The molecule has 21 heavy (non-hydrogen) atoms. The van der Waals surface area contributed by atoms with E-state index < -0.39 is 5.82 Å². The van der Waals surface area contributed by atoms with Crippen LogP contribution >= 0.6 is 23.2 Å². The Labute approximate surface area is 129 Å². The Kier molecular flexibility index (Phi) is 3.48. The molecule has 8 heteroatoms. The number of anilines is 1. The molecule has 3 aromatic rings. The Morgan fingerprint density at radius 3 is 2.57 bits per heavy atom. The van der Waals surface area contributed by atoms with Crippen LogP contribution in [0.25, 0.3) is 17.1 Å². The highest BCUT2D eigenvalue weighted by Gasteiger charge is 2.15. The minimum atomic E-state index is -0.536. The first-order valence-electron chi connectivity index (χ1n) is 5.85. The molecule has 0 amide bonds. The van der Waals surface area contributed by atoms with E-state index in [2.05, 4.69) is 15.5 Å². The van der Waals surface area contributed by atoms with Gasteiger partial charge in [-0.15, -0.1) is 5.10 Å². The van der Waals surface area contributed by atoms with E-state index in [1.807, 2.05) is 0 Å². The van der Waals surface area contributed by atoms with Gasteiger partial charge in [0.1, 0.15) is 11.5 Å². The third-order valence-corrected chi connectivity index (χ3v) is 3.24. The average molecular weight is 324 g/mol. The van der Waals surface area contributed by atoms with Gasteiger partial charge in [-0.1, -0.05) is 23.2 Å². The second-order valence-corrected chi connectivity index (χ2v) is 5.16. The van der Waals surface area contributed by atoms with E-state index >= 15 is 0 Å². The number of hydrogen-bond donors (Lipinski definition) is 1. The molecule has 0 bridgehead atoms. The minimum Gasteiger partial charge on any atom is -0.399 e. The summed E-state index contributed by atoms with van der Waals surface area (Å²) in [7, 11) is 0. The summed E-state index contributed by atoms with van der Waals surface area (Å²) in [6, 6.07) is 9.13. The monoisotopic (exact) mass is 323 g/mol.